The van der Waals surface area contributed by atoms with Crippen LogP contribution in [-0.4, -0.2) is 6.54 Å². The summed E-state index contributed by atoms with van der Waals surface area (Å²) in [6.45, 7) is 2.74. The first-order valence-electron chi connectivity index (χ1n) is 5.66. The molecule has 1 unspecified atom stereocenters. The maximum absolute atomic E-state index is 14.1. The number of hydrogen-bond donors (Lipinski definition) is 1. The van der Waals surface area contributed by atoms with Crippen LogP contribution in [0, 0.1) is 5.82 Å². The Bertz CT molecular complexity index is 588. The minimum Gasteiger partial charge on any atom is -0.306 e. The van der Waals surface area contributed by atoms with Gasteiger partial charge in [-0.2, -0.15) is 0 Å². The molecule has 1 N–H and O–H groups in total. The summed E-state index contributed by atoms with van der Waals surface area (Å²) >= 11 is 14.4. The highest BCUT2D eigenvalue weighted by atomic mass is 79.9. The molecule has 6 heteroatoms. The Kier molecular flexibility index (Phi) is 5.43. The molecule has 102 valence electrons. The highest BCUT2D eigenvalue weighted by molar-refractivity contribution is 9.12. The lowest BCUT2D eigenvalue weighted by Crippen LogP contribution is -2.22. The van der Waals surface area contributed by atoms with E-state index in [1.54, 1.807) is 23.5 Å². The second-order valence-corrected chi connectivity index (χ2v) is 8.12. The first-order chi connectivity index (χ1) is 9.02. The van der Waals surface area contributed by atoms with Crippen LogP contribution in [-0.2, 0) is 0 Å². The molecule has 0 saturated carbocycles. The van der Waals surface area contributed by atoms with Gasteiger partial charge in [-0.15, -0.1) is 11.3 Å². The molecule has 1 aromatic heterocycles. The van der Waals surface area contributed by atoms with E-state index in [0.717, 1.165) is 19.7 Å². The summed E-state index contributed by atoms with van der Waals surface area (Å²) in [6, 6.07) is 6.58. The minimum absolute atomic E-state index is 0.195. The molecule has 1 heterocycles. The number of rotatable bonds is 4. The molecule has 0 aliphatic carbocycles. The molecule has 0 fully saturated rings. The van der Waals surface area contributed by atoms with Crippen LogP contribution in [0.4, 0.5) is 4.39 Å². The summed E-state index contributed by atoms with van der Waals surface area (Å²) in [5.74, 6) is -0.298. The molecule has 0 aliphatic heterocycles. The van der Waals surface area contributed by atoms with Crippen LogP contribution in [0.25, 0.3) is 0 Å². The van der Waals surface area contributed by atoms with Gasteiger partial charge < -0.3 is 5.32 Å². The monoisotopic (exact) mass is 425 g/mol. The molecular weight excluding hydrogens is 416 g/mol. The van der Waals surface area contributed by atoms with Gasteiger partial charge in [-0.3, -0.25) is 0 Å². The van der Waals surface area contributed by atoms with Gasteiger partial charge in [0.25, 0.3) is 0 Å². The molecule has 0 saturated heterocycles. The number of thiophene rings is 1. The fourth-order valence-corrected chi connectivity index (χ4v) is 4.94. The highest BCUT2D eigenvalue weighted by Crippen LogP contribution is 2.38. The van der Waals surface area contributed by atoms with Crippen LogP contribution in [0.3, 0.4) is 0 Å². The molecule has 1 atom stereocenters. The Balaban J connectivity index is 2.48. The zero-order valence-corrected chi connectivity index (χ0v) is 14.8. The van der Waals surface area contributed by atoms with Gasteiger partial charge in [0.2, 0.25) is 0 Å². The molecule has 1 nitrogen and oxygen atoms in total. The van der Waals surface area contributed by atoms with Gasteiger partial charge in [-0.05, 0) is 62.2 Å². The second-order valence-electron chi connectivity index (χ2n) is 3.94. The molecule has 19 heavy (non-hydrogen) atoms. The Morgan fingerprint density at radius 2 is 2.05 bits per heavy atom. The van der Waals surface area contributed by atoms with Crippen LogP contribution < -0.4 is 5.32 Å². The van der Waals surface area contributed by atoms with Gasteiger partial charge in [-0.1, -0.05) is 24.6 Å². The molecule has 2 aromatic rings. The van der Waals surface area contributed by atoms with E-state index in [0.29, 0.717) is 10.6 Å². The Morgan fingerprint density at radius 1 is 1.32 bits per heavy atom. The van der Waals surface area contributed by atoms with E-state index in [1.807, 2.05) is 13.0 Å². The van der Waals surface area contributed by atoms with Crippen molar-refractivity contribution in [2.45, 2.75) is 13.0 Å². The number of hydrogen-bond acceptors (Lipinski definition) is 2. The Hall–Kier alpha value is 0.0600. The lowest BCUT2D eigenvalue weighted by molar-refractivity contribution is 0.559. The predicted molar refractivity (Wildman–Crippen MR) is 86.6 cm³/mol. The standard InChI is InChI=1S/C13H11Br2ClFNS/c1-2-18-12(9-6-11(14)19-13(9)15)8-4-3-7(16)5-10(8)17/h3-6,12,18H,2H2,1H3. The molecule has 0 amide bonds. The van der Waals surface area contributed by atoms with E-state index in [1.165, 1.54) is 6.07 Å². The van der Waals surface area contributed by atoms with Crippen molar-refractivity contribution in [3.63, 3.8) is 0 Å². The zero-order chi connectivity index (χ0) is 14.0. The second kappa shape index (κ2) is 6.68. The van der Waals surface area contributed by atoms with Gasteiger partial charge in [0.05, 0.1) is 13.6 Å². The summed E-state index contributed by atoms with van der Waals surface area (Å²) in [6.07, 6.45) is 0. The Labute approximate surface area is 137 Å². The van der Waals surface area contributed by atoms with Gasteiger partial charge in [0.1, 0.15) is 5.82 Å². The number of benzene rings is 1. The molecule has 0 bridgehead atoms. The van der Waals surface area contributed by atoms with E-state index < -0.39 is 0 Å². The van der Waals surface area contributed by atoms with E-state index in [4.69, 9.17) is 11.6 Å². The van der Waals surface area contributed by atoms with Crippen LogP contribution in [0.5, 0.6) is 0 Å². The lowest BCUT2D eigenvalue weighted by atomic mass is 10.0. The van der Waals surface area contributed by atoms with Crippen molar-refractivity contribution in [3.8, 4) is 0 Å². The smallest absolute Gasteiger partial charge is 0.129 e. The highest BCUT2D eigenvalue weighted by Gasteiger charge is 2.21. The van der Waals surface area contributed by atoms with Crippen LogP contribution in [0.1, 0.15) is 24.1 Å². The Morgan fingerprint density at radius 3 is 2.58 bits per heavy atom. The summed E-state index contributed by atoms with van der Waals surface area (Å²) in [4.78, 5) is 0. The van der Waals surface area contributed by atoms with Crippen molar-refractivity contribution in [2.24, 2.45) is 0 Å². The average molecular weight is 428 g/mol. The topological polar surface area (TPSA) is 12.0 Å². The third kappa shape index (κ3) is 3.58. The maximum Gasteiger partial charge on any atom is 0.129 e. The van der Waals surface area contributed by atoms with E-state index >= 15 is 0 Å². The van der Waals surface area contributed by atoms with Crippen molar-refractivity contribution in [2.75, 3.05) is 6.54 Å². The van der Waals surface area contributed by atoms with Crippen LogP contribution in [0.2, 0.25) is 5.02 Å². The average Bonchev–Trinajstić information content (AvgIpc) is 2.66. The molecule has 1 aromatic carbocycles. The third-order valence-corrected chi connectivity index (χ3v) is 5.30. The molecule has 0 aliphatic rings. The first kappa shape index (κ1) is 15.4. The molecule has 0 radical (unpaired) electrons. The van der Waals surface area contributed by atoms with E-state index in [-0.39, 0.29) is 11.9 Å². The summed E-state index contributed by atoms with van der Waals surface area (Å²) < 4.78 is 16.1. The van der Waals surface area contributed by atoms with Crippen molar-refractivity contribution in [1.82, 2.24) is 5.32 Å². The van der Waals surface area contributed by atoms with E-state index in [2.05, 4.69) is 37.2 Å². The summed E-state index contributed by atoms with van der Waals surface area (Å²) in [5.41, 5.74) is 1.61. The number of nitrogens with one attached hydrogen (secondary N) is 1. The van der Waals surface area contributed by atoms with Gasteiger partial charge in [0, 0.05) is 10.6 Å². The van der Waals surface area contributed by atoms with E-state index in [9.17, 15) is 4.39 Å². The quantitative estimate of drug-likeness (QED) is 0.654. The first-order valence-corrected chi connectivity index (χ1v) is 8.44. The van der Waals surface area contributed by atoms with Crippen LogP contribution in [0.15, 0.2) is 31.8 Å². The maximum atomic E-state index is 14.1. The van der Waals surface area contributed by atoms with Crippen molar-refractivity contribution < 1.29 is 4.39 Å². The normalized spacial score (nSPS) is 12.7. The third-order valence-electron chi connectivity index (χ3n) is 2.68. The van der Waals surface area contributed by atoms with Crippen molar-refractivity contribution >= 4 is 54.8 Å². The van der Waals surface area contributed by atoms with Crippen molar-refractivity contribution in [1.29, 1.82) is 0 Å². The minimum atomic E-state index is -0.298. The predicted octanol–water partition coefficient (Wildman–Crippen LogP) is 5.76. The van der Waals surface area contributed by atoms with Gasteiger partial charge >= 0.3 is 0 Å². The summed E-state index contributed by atoms with van der Waals surface area (Å²) in [7, 11) is 0. The number of halogens is 4. The molecular formula is C13H11Br2ClFNS. The van der Waals surface area contributed by atoms with Gasteiger partial charge in [-0.25, -0.2) is 4.39 Å². The summed E-state index contributed by atoms with van der Waals surface area (Å²) in [5, 5.41) is 3.71. The zero-order valence-electron chi connectivity index (χ0n) is 10.0. The van der Waals surface area contributed by atoms with Crippen LogP contribution >= 0.6 is 54.8 Å². The fraction of sp³-hybridized carbons (Fsp3) is 0.231. The lowest BCUT2D eigenvalue weighted by Gasteiger charge is -2.19. The largest absolute Gasteiger partial charge is 0.306 e. The van der Waals surface area contributed by atoms with Crippen molar-refractivity contribution in [3.05, 3.63) is 53.8 Å². The SMILES string of the molecule is CCNC(c1ccc(Cl)cc1F)c1cc(Br)sc1Br. The fourth-order valence-electron chi connectivity index (χ4n) is 1.88. The molecule has 2 rings (SSSR count). The van der Waals surface area contributed by atoms with Gasteiger partial charge in [0.15, 0.2) is 0 Å². The molecule has 0 spiro atoms.